The maximum absolute atomic E-state index is 6.07. The summed E-state index contributed by atoms with van der Waals surface area (Å²) in [7, 11) is 3.71. The van der Waals surface area contributed by atoms with Gasteiger partial charge >= 0.3 is 0 Å². The highest BCUT2D eigenvalue weighted by molar-refractivity contribution is 9.10. The van der Waals surface area contributed by atoms with E-state index in [4.69, 9.17) is 9.47 Å². The zero-order valence-corrected chi connectivity index (χ0v) is 14.1. The highest BCUT2D eigenvalue weighted by Crippen LogP contribution is 2.31. The van der Waals surface area contributed by atoms with Crippen LogP contribution >= 0.6 is 15.9 Å². The molecule has 0 bridgehead atoms. The van der Waals surface area contributed by atoms with Crippen molar-refractivity contribution in [2.45, 2.75) is 44.2 Å². The minimum atomic E-state index is -0.0700. The molecule has 1 saturated heterocycles. The standard InChI is InChI=1S/C16H24BrNO2/c1-16(8-4-5-9-20-16)15(18-2)11-12-6-7-14(19-3)13(17)10-12/h6-7,10,15,18H,4-5,8-9,11H2,1-3H3. The van der Waals surface area contributed by atoms with E-state index in [1.165, 1.54) is 18.4 Å². The van der Waals surface area contributed by atoms with Crippen molar-refractivity contribution in [3.05, 3.63) is 28.2 Å². The van der Waals surface area contributed by atoms with Crippen molar-refractivity contribution in [3.8, 4) is 5.75 Å². The SMILES string of the molecule is CNC(Cc1ccc(OC)c(Br)c1)C1(C)CCCCO1. The Balaban J connectivity index is 2.11. The van der Waals surface area contributed by atoms with Crippen LogP contribution in [0.1, 0.15) is 31.7 Å². The largest absolute Gasteiger partial charge is 0.496 e. The fourth-order valence-corrected chi connectivity index (χ4v) is 3.51. The van der Waals surface area contributed by atoms with Crippen LogP contribution in [0, 0.1) is 0 Å². The van der Waals surface area contributed by atoms with Crippen LogP contribution in [0.25, 0.3) is 0 Å². The van der Waals surface area contributed by atoms with E-state index in [1.54, 1.807) is 7.11 Å². The molecule has 20 heavy (non-hydrogen) atoms. The number of likely N-dealkylation sites (N-methyl/N-ethyl adjacent to an activating group) is 1. The Hall–Kier alpha value is -0.580. The molecule has 0 radical (unpaired) electrons. The summed E-state index contributed by atoms with van der Waals surface area (Å²) in [6.07, 6.45) is 4.51. The maximum Gasteiger partial charge on any atom is 0.133 e. The predicted molar refractivity (Wildman–Crippen MR) is 85.5 cm³/mol. The Morgan fingerprint density at radius 1 is 1.45 bits per heavy atom. The molecule has 1 aromatic carbocycles. The molecule has 112 valence electrons. The summed E-state index contributed by atoms with van der Waals surface area (Å²) < 4.78 is 12.3. The van der Waals surface area contributed by atoms with Crippen LogP contribution in [0.4, 0.5) is 0 Å². The summed E-state index contributed by atoms with van der Waals surface area (Å²) in [4.78, 5) is 0. The second-order valence-electron chi connectivity index (χ2n) is 5.63. The van der Waals surface area contributed by atoms with Gasteiger partial charge in [0.1, 0.15) is 5.75 Å². The third-order valence-corrected chi connectivity index (χ3v) is 4.86. The van der Waals surface area contributed by atoms with Gasteiger partial charge in [0.05, 0.1) is 17.2 Å². The van der Waals surface area contributed by atoms with E-state index in [0.717, 1.165) is 29.7 Å². The summed E-state index contributed by atoms with van der Waals surface area (Å²) in [5.74, 6) is 0.870. The minimum absolute atomic E-state index is 0.0700. The van der Waals surface area contributed by atoms with Gasteiger partial charge in [-0.05, 0) is 73.3 Å². The van der Waals surface area contributed by atoms with Crippen LogP contribution in [0.2, 0.25) is 0 Å². The van der Waals surface area contributed by atoms with Crippen LogP contribution < -0.4 is 10.1 Å². The fraction of sp³-hybridized carbons (Fsp3) is 0.625. The van der Waals surface area contributed by atoms with Gasteiger partial charge in [-0.2, -0.15) is 0 Å². The van der Waals surface area contributed by atoms with Gasteiger partial charge in [-0.1, -0.05) is 6.07 Å². The quantitative estimate of drug-likeness (QED) is 0.888. The lowest BCUT2D eigenvalue weighted by atomic mass is 9.85. The van der Waals surface area contributed by atoms with Crippen molar-refractivity contribution in [2.24, 2.45) is 0 Å². The lowest BCUT2D eigenvalue weighted by Crippen LogP contribution is -2.52. The molecule has 0 aliphatic carbocycles. The van der Waals surface area contributed by atoms with E-state index in [9.17, 15) is 0 Å². The van der Waals surface area contributed by atoms with Gasteiger partial charge < -0.3 is 14.8 Å². The van der Waals surface area contributed by atoms with Crippen LogP contribution in [0.15, 0.2) is 22.7 Å². The van der Waals surface area contributed by atoms with Crippen molar-refractivity contribution in [2.75, 3.05) is 20.8 Å². The first-order valence-electron chi connectivity index (χ1n) is 7.22. The van der Waals surface area contributed by atoms with Crippen molar-refractivity contribution in [1.82, 2.24) is 5.32 Å². The molecular weight excluding hydrogens is 318 g/mol. The average Bonchev–Trinajstić information content (AvgIpc) is 2.45. The summed E-state index contributed by atoms with van der Waals surface area (Å²) in [5.41, 5.74) is 1.21. The monoisotopic (exact) mass is 341 g/mol. The topological polar surface area (TPSA) is 30.5 Å². The molecule has 2 atom stereocenters. The van der Waals surface area contributed by atoms with E-state index < -0.39 is 0 Å². The number of ether oxygens (including phenoxy) is 2. The number of nitrogens with one attached hydrogen (secondary N) is 1. The zero-order valence-electron chi connectivity index (χ0n) is 12.5. The Morgan fingerprint density at radius 3 is 2.80 bits per heavy atom. The average molecular weight is 342 g/mol. The molecule has 1 heterocycles. The van der Waals surface area contributed by atoms with E-state index in [-0.39, 0.29) is 5.60 Å². The number of benzene rings is 1. The Labute approximate surface area is 130 Å². The fourth-order valence-electron chi connectivity index (χ4n) is 2.93. The molecule has 0 saturated carbocycles. The van der Waals surface area contributed by atoms with Crippen molar-refractivity contribution in [1.29, 1.82) is 0 Å². The molecule has 2 rings (SSSR count). The van der Waals surface area contributed by atoms with E-state index in [1.807, 2.05) is 13.1 Å². The predicted octanol–water partition coefficient (Wildman–Crippen LogP) is 3.55. The highest BCUT2D eigenvalue weighted by Gasteiger charge is 2.35. The summed E-state index contributed by atoms with van der Waals surface area (Å²) in [5, 5.41) is 3.44. The molecule has 1 aromatic rings. The number of halogens is 1. The lowest BCUT2D eigenvalue weighted by Gasteiger charge is -2.40. The molecule has 1 N–H and O–H groups in total. The Morgan fingerprint density at radius 2 is 2.25 bits per heavy atom. The molecule has 1 fully saturated rings. The molecular formula is C16H24BrNO2. The third-order valence-electron chi connectivity index (χ3n) is 4.24. The first kappa shape index (κ1) is 15.8. The molecule has 2 unspecified atom stereocenters. The van der Waals surface area contributed by atoms with Gasteiger partial charge in [0, 0.05) is 12.6 Å². The molecule has 1 aliphatic rings. The van der Waals surface area contributed by atoms with Gasteiger partial charge in [-0.15, -0.1) is 0 Å². The number of hydrogen-bond acceptors (Lipinski definition) is 3. The normalized spacial score (nSPS) is 24.4. The molecule has 4 heteroatoms. The van der Waals surface area contributed by atoms with Crippen LogP contribution in [0.5, 0.6) is 5.75 Å². The van der Waals surface area contributed by atoms with Gasteiger partial charge in [-0.3, -0.25) is 0 Å². The minimum Gasteiger partial charge on any atom is -0.496 e. The second-order valence-corrected chi connectivity index (χ2v) is 6.49. The smallest absolute Gasteiger partial charge is 0.133 e. The van der Waals surface area contributed by atoms with Gasteiger partial charge in [0.15, 0.2) is 0 Å². The molecule has 0 amide bonds. The van der Waals surface area contributed by atoms with Crippen LogP contribution in [-0.4, -0.2) is 32.4 Å². The zero-order chi connectivity index (χ0) is 14.6. The van der Waals surface area contributed by atoms with E-state index >= 15 is 0 Å². The lowest BCUT2D eigenvalue weighted by molar-refractivity contribution is -0.0870. The molecule has 0 aromatic heterocycles. The Bertz CT molecular complexity index is 444. The number of hydrogen-bond donors (Lipinski definition) is 1. The molecule has 1 aliphatic heterocycles. The second kappa shape index (κ2) is 6.92. The van der Waals surface area contributed by atoms with E-state index in [2.05, 4.69) is 40.3 Å². The maximum atomic E-state index is 6.07. The molecule has 0 spiro atoms. The van der Waals surface area contributed by atoms with Crippen molar-refractivity contribution < 1.29 is 9.47 Å². The van der Waals surface area contributed by atoms with Crippen LogP contribution in [0.3, 0.4) is 0 Å². The first-order chi connectivity index (χ1) is 9.59. The van der Waals surface area contributed by atoms with Crippen molar-refractivity contribution in [3.63, 3.8) is 0 Å². The first-order valence-corrected chi connectivity index (χ1v) is 8.02. The van der Waals surface area contributed by atoms with E-state index in [0.29, 0.717) is 6.04 Å². The summed E-state index contributed by atoms with van der Waals surface area (Å²) in [6, 6.07) is 6.59. The highest BCUT2D eigenvalue weighted by atomic mass is 79.9. The van der Waals surface area contributed by atoms with Crippen LogP contribution in [-0.2, 0) is 11.2 Å². The van der Waals surface area contributed by atoms with Crippen molar-refractivity contribution >= 4 is 15.9 Å². The number of rotatable bonds is 5. The Kier molecular flexibility index (Phi) is 5.47. The summed E-state index contributed by atoms with van der Waals surface area (Å²) in [6.45, 7) is 3.10. The summed E-state index contributed by atoms with van der Waals surface area (Å²) >= 11 is 3.55. The van der Waals surface area contributed by atoms with Gasteiger partial charge in [0.25, 0.3) is 0 Å². The number of methoxy groups -OCH3 is 1. The van der Waals surface area contributed by atoms with Gasteiger partial charge in [-0.25, -0.2) is 0 Å². The van der Waals surface area contributed by atoms with Gasteiger partial charge in [0.2, 0.25) is 0 Å². The molecule has 3 nitrogen and oxygen atoms in total. The third kappa shape index (κ3) is 3.54.